The zero-order chi connectivity index (χ0) is 26.6. The smallest absolute Gasteiger partial charge is 0.329 e. The summed E-state index contributed by atoms with van der Waals surface area (Å²) in [6.07, 6.45) is -1.03. The van der Waals surface area contributed by atoms with Crippen LogP contribution in [-0.2, 0) is 36.9 Å². The summed E-state index contributed by atoms with van der Waals surface area (Å²) in [5.74, 6) is -1.05. The van der Waals surface area contributed by atoms with Crippen LogP contribution in [0.1, 0.15) is 18.1 Å². The number of ether oxygens (including phenoxy) is 3. The minimum absolute atomic E-state index is 0.0464. The molecule has 0 aliphatic carbocycles. The van der Waals surface area contributed by atoms with Crippen molar-refractivity contribution in [3.8, 4) is 5.75 Å². The largest absolute Gasteiger partial charge is 0.497 e. The Morgan fingerprint density at radius 3 is 2.30 bits per heavy atom. The van der Waals surface area contributed by atoms with Crippen molar-refractivity contribution in [2.45, 2.75) is 38.1 Å². The molecule has 2 aromatic rings. The Morgan fingerprint density at radius 1 is 1.00 bits per heavy atom. The van der Waals surface area contributed by atoms with Crippen LogP contribution in [0.25, 0.3) is 0 Å². The number of esters is 1. The lowest BCUT2D eigenvalue weighted by atomic mass is 10.0. The van der Waals surface area contributed by atoms with E-state index < -0.39 is 36.0 Å². The number of nitrogens with zero attached hydrogens (tertiary/aromatic N) is 1. The monoisotopic (exact) mass is 513 g/mol. The Labute approximate surface area is 216 Å². The minimum Gasteiger partial charge on any atom is -0.497 e. The number of amides is 2. The predicted octanol–water partition coefficient (Wildman–Crippen LogP) is 0.664. The lowest BCUT2D eigenvalue weighted by molar-refractivity contribution is -0.149. The third-order valence-electron chi connectivity index (χ3n) is 5.98. The first-order valence-electron chi connectivity index (χ1n) is 12.3. The number of aliphatic hydroxyl groups excluding tert-OH is 1. The summed E-state index contributed by atoms with van der Waals surface area (Å²) < 4.78 is 16.0. The third kappa shape index (κ3) is 9.16. The second-order valence-corrected chi connectivity index (χ2v) is 8.88. The average molecular weight is 514 g/mol. The summed E-state index contributed by atoms with van der Waals surface area (Å²) in [4.78, 5) is 40.7. The van der Waals surface area contributed by atoms with Gasteiger partial charge >= 0.3 is 5.97 Å². The van der Waals surface area contributed by atoms with Crippen LogP contribution in [-0.4, -0.2) is 85.9 Å². The molecule has 3 atom stereocenters. The second-order valence-electron chi connectivity index (χ2n) is 8.88. The van der Waals surface area contributed by atoms with Crippen LogP contribution in [0.3, 0.4) is 0 Å². The van der Waals surface area contributed by atoms with Crippen LogP contribution < -0.4 is 15.4 Å². The molecule has 1 saturated heterocycles. The minimum atomic E-state index is -1.24. The van der Waals surface area contributed by atoms with Crippen LogP contribution in [0.2, 0.25) is 0 Å². The fraction of sp³-hybridized carbons (Fsp3) is 0.444. The molecule has 1 aliphatic rings. The first kappa shape index (κ1) is 28.1. The molecule has 0 spiro atoms. The van der Waals surface area contributed by atoms with Crippen molar-refractivity contribution < 1.29 is 33.7 Å². The number of methoxy groups -OCH3 is 1. The molecular formula is C27H35N3O7. The molecule has 10 nitrogen and oxygen atoms in total. The average Bonchev–Trinajstić information content (AvgIpc) is 2.91. The quantitative estimate of drug-likeness (QED) is 0.354. The van der Waals surface area contributed by atoms with Gasteiger partial charge in [0.2, 0.25) is 11.8 Å². The second kappa shape index (κ2) is 14.3. The van der Waals surface area contributed by atoms with Crippen LogP contribution >= 0.6 is 0 Å². The Bertz CT molecular complexity index is 1010. The molecule has 0 radical (unpaired) electrons. The van der Waals surface area contributed by atoms with Gasteiger partial charge in [0.15, 0.2) is 0 Å². The summed E-state index contributed by atoms with van der Waals surface area (Å²) in [6.45, 7) is 3.81. The van der Waals surface area contributed by atoms with Crippen LogP contribution in [0.5, 0.6) is 5.75 Å². The molecule has 200 valence electrons. The van der Waals surface area contributed by atoms with Gasteiger partial charge in [0.25, 0.3) is 0 Å². The van der Waals surface area contributed by atoms with E-state index >= 15 is 0 Å². The first-order valence-corrected chi connectivity index (χ1v) is 12.3. The number of rotatable bonds is 12. The first-order chi connectivity index (χ1) is 17.9. The Hall–Kier alpha value is -3.47. The van der Waals surface area contributed by atoms with Gasteiger partial charge in [-0.25, -0.2) is 4.79 Å². The van der Waals surface area contributed by atoms with E-state index in [0.29, 0.717) is 32.1 Å². The number of hydrogen-bond donors (Lipinski definition) is 3. The number of aliphatic hydroxyl groups is 1. The Kier molecular flexibility index (Phi) is 10.9. The maximum atomic E-state index is 13.1. The van der Waals surface area contributed by atoms with Crippen LogP contribution in [0, 0.1) is 0 Å². The summed E-state index contributed by atoms with van der Waals surface area (Å²) in [7, 11) is 1.56. The molecule has 3 N–H and O–H groups in total. The van der Waals surface area contributed by atoms with Gasteiger partial charge in [-0.3, -0.25) is 14.5 Å². The van der Waals surface area contributed by atoms with Crippen molar-refractivity contribution in [1.82, 2.24) is 15.5 Å². The normalized spacial score (nSPS) is 16.2. The van der Waals surface area contributed by atoms with Crippen molar-refractivity contribution in [1.29, 1.82) is 0 Å². The zero-order valence-corrected chi connectivity index (χ0v) is 21.2. The zero-order valence-electron chi connectivity index (χ0n) is 21.2. The molecule has 37 heavy (non-hydrogen) atoms. The molecule has 0 aromatic heterocycles. The fourth-order valence-corrected chi connectivity index (χ4v) is 3.87. The van der Waals surface area contributed by atoms with Crippen molar-refractivity contribution in [3.05, 3.63) is 65.7 Å². The van der Waals surface area contributed by atoms with Gasteiger partial charge in [0, 0.05) is 19.5 Å². The summed E-state index contributed by atoms with van der Waals surface area (Å²) in [6, 6.07) is 14.0. The molecule has 0 saturated carbocycles. The molecule has 1 aliphatic heterocycles. The number of morpholine rings is 1. The number of hydrogen-bond acceptors (Lipinski definition) is 8. The van der Waals surface area contributed by atoms with Gasteiger partial charge in [-0.2, -0.15) is 0 Å². The Balaban J connectivity index is 1.68. The van der Waals surface area contributed by atoms with E-state index in [1.54, 1.807) is 31.4 Å². The summed E-state index contributed by atoms with van der Waals surface area (Å²) in [5.41, 5.74) is 1.58. The molecule has 1 heterocycles. The summed E-state index contributed by atoms with van der Waals surface area (Å²) >= 11 is 0. The predicted molar refractivity (Wildman–Crippen MR) is 136 cm³/mol. The van der Waals surface area contributed by atoms with Gasteiger partial charge in [0.05, 0.1) is 33.0 Å². The maximum Gasteiger partial charge on any atom is 0.329 e. The van der Waals surface area contributed by atoms with E-state index in [-0.39, 0.29) is 19.6 Å². The SMILES string of the molecule is COc1ccc(C[C@H](NC(=O)[C@@H](NC(=O)CN2CCOCC2)[C@@H](C)O)C(=O)OCc2ccccc2)cc1. The highest BCUT2D eigenvalue weighted by molar-refractivity contribution is 5.91. The van der Waals surface area contributed by atoms with E-state index in [9.17, 15) is 19.5 Å². The van der Waals surface area contributed by atoms with Gasteiger partial charge < -0.3 is 30.0 Å². The highest BCUT2D eigenvalue weighted by atomic mass is 16.5. The molecule has 10 heteroatoms. The van der Waals surface area contributed by atoms with Crippen LogP contribution in [0.15, 0.2) is 54.6 Å². The molecule has 1 fully saturated rings. The van der Waals surface area contributed by atoms with Crippen molar-refractivity contribution in [3.63, 3.8) is 0 Å². The molecule has 2 amide bonds. The Morgan fingerprint density at radius 2 is 1.68 bits per heavy atom. The highest BCUT2D eigenvalue weighted by Gasteiger charge is 2.31. The lowest BCUT2D eigenvalue weighted by Crippen LogP contribution is -2.57. The standard InChI is InChI=1S/C27H35N3O7/c1-19(31)25(29-24(32)17-30-12-14-36-15-13-30)26(33)28-23(16-20-8-10-22(35-2)11-9-20)27(34)37-18-21-6-4-3-5-7-21/h3-11,19,23,25,31H,12-18H2,1-2H3,(H,28,33)(H,29,32)/t19-,23+,25+/m1/s1. The third-order valence-corrected chi connectivity index (χ3v) is 5.98. The van der Waals surface area contributed by atoms with Crippen molar-refractivity contribution in [2.75, 3.05) is 40.0 Å². The van der Waals surface area contributed by atoms with Crippen molar-refractivity contribution in [2.24, 2.45) is 0 Å². The van der Waals surface area contributed by atoms with Crippen LogP contribution in [0.4, 0.5) is 0 Å². The number of carbonyl (C=O) groups excluding carboxylic acids is 3. The van der Waals surface area contributed by atoms with E-state index in [1.807, 2.05) is 35.2 Å². The molecule has 2 aromatic carbocycles. The topological polar surface area (TPSA) is 126 Å². The number of carbonyl (C=O) groups is 3. The van der Waals surface area contributed by atoms with Crippen molar-refractivity contribution >= 4 is 17.8 Å². The van der Waals surface area contributed by atoms with Gasteiger partial charge in [-0.15, -0.1) is 0 Å². The molecular weight excluding hydrogens is 478 g/mol. The van der Waals surface area contributed by atoms with E-state index in [4.69, 9.17) is 14.2 Å². The summed E-state index contributed by atoms with van der Waals surface area (Å²) in [5, 5.41) is 15.5. The highest BCUT2D eigenvalue weighted by Crippen LogP contribution is 2.14. The lowest BCUT2D eigenvalue weighted by Gasteiger charge is -2.28. The molecule has 0 unspecified atom stereocenters. The number of nitrogens with one attached hydrogen (secondary N) is 2. The fourth-order valence-electron chi connectivity index (χ4n) is 3.87. The maximum absolute atomic E-state index is 13.1. The van der Waals surface area contributed by atoms with E-state index in [2.05, 4.69) is 10.6 Å². The van der Waals surface area contributed by atoms with Gasteiger partial charge in [-0.1, -0.05) is 42.5 Å². The van der Waals surface area contributed by atoms with E-state index in [0.717, 1.165) is 11.1 Å². The van der Waals surface area contributed by atoms with E-state index in [1.165, 1.54) is 6.92 Å². The molecule has 3 rings (SSSR count). The van der Waals surface area contributed by atoms with Gasteiger partial charge in [0.1, 0.15) is 24.4 Å². The molecule has 0 bridgehead atoms. The van der Waals surface area contributed by atoms with Gasteiger partial charge in [-0.05, 0) is 30.2 Å². The number of benzene rings is 2.